The standard InChI is InChI=1S/C19H24N4O4/c1-13-3-9-27-17(13)19(25)22-11-15-2-6-21-23(15)16(12-22)18(24)20-10-14-4-7-26-8-5-14/h2-3,6,9,14,16H,4-5,7-8,10-12H2,1H3,(H,20,24)/t16-/m0/s1. The van der Waals surface area contributed by atoms with Crippen LogP contribution in [0.25, 0.3) is 0 Å². The molecule has 4 heterocycles. The Hall–Kier alpha value is -2.61. The molecule has 2 aliphatic heterocycles. The molecule has 8 nitrogen and oxygen atoms in total. The molecule has 1 fully saturated rings. The molecule has 0 spiro atoms. The number of nitrogens with one attached hydrogen (secondary N) is 1. The molecule has 1 atom stereocenters. The van der Waals surface area contributed by atoms with Gasteiger partial charge in [-0.25, -0.2) is 0 Å². The molecule has 2 aliphatic rings. The molecule has 8 heteroatoms. The van der Waals surface area contributed by atoms with E-state index in [1.54, 1.807) is 21.8 Å². The van der Waals surface area contributed by atoms with E-state index in [0.717, 1.165) is 37.3 Å². The normalized spacial score (nSPS) is 20.3. The first-order chi connectivity index (χ1) is 13.1. The predicted octanol–water partition coefficient (Wildman–Crippen LogP) is 1.52. The van der Waals surface area contributed by atoms with E-state index in [9.17, 15) is 9.59 Å². The number of amides is 2. The lowest BCUT2D eigenvalue weighted by Crippen LogP contribution is -2.48. The zero-order chi connectivity index (χ0) is 18.8. The second-order valence-corrected chi connectivity index (χ2v) is 7.20. The van der Waals surface area contributed by atoms with Crippen LogP contribution in [0.3, 0.4) is 0 Å². The smallest absolute Gasteiger partial charge is 0.290 e. The van der Waals surface area contributed by atoms with E-state index >= 15 is 0 Å². The molecular weight excluding hydrogens is 348 g/mol. The van der Waals surface area contributed by atoms with Crippen LogP contribution in [0, 0.1) is 12.8 Å². The molecule has 0 aliphatic carbocycles. The summed E-state index contributed by atoms with van der Waals surface area (Å²) in [5, 5.41) is 7.34. The summed E-state index contributed by atoms with van der Waals surface area (Å²) in [6.45, 7) is 4.63. The van der Waals surface area contributed by atoms with Crippen LogP contribution >= 0.6 is 0 Å². The highest BCUT2D eigenvalue weighted by atomic mass is 16.5. The van der Waals surface area contributed by atoms with E-state index in [0.29, 0.717) is 24.8 Å². The van der Waals surface area contributed by atoms with Gasteiger partial charge < -0.3 is 19.4 Å². The van der Waals surface area contributed by atoms with Gasteiger partial charge >= 0.3 is 0 Å². The highest BCUT2D eigenvalue weighted by Gasteiger charge is 2.34. The number of carbonyl (C=O) groups excluding carboxylic acids is 2. The molecule has 4 rings (SSSR count). The first kappa shape index (κ1) is 17.8. The second-order valence-electron chi connectivity index (χ2n) is 7.20. The largest absolute Gasteiger partial charge is 0.459 e. The molecule has 144 valence electrons. The fourth-order valence-electron chi connectivity index (χ4n) is 3.69. The van der Waals surface area contributed by atoms with Crippen LogP contribution in [-0.2, 0) is 16.1 Å². The zero-order valence-corrected chi connectivity index (χ0v) is 15.4. The molecule has 2 aromatic rings. The number of hydrogen-bond donors (Lipinski definition) is 1. The summed E-state index contributed by atoms with van der Waals surface area (Å²) in [7, 11) is 0. The van der Waals surface area contributed by atoms with E-state index in [-0.39, 0.29) is 18.4 Å². The number of aryl methyl sites for hydroxylation is 1. The highest BCUT2D eigenvalue weighted by Crippen LogP contribution is 2.24. The Kier molecular flexibility index (Phi) is 4.98. The van der Waals surface area contributed by atoms with Crippen molar-refractivity contribution in [3.05, 3.63) is 41.6 Å². The van der Waals surface area contributed by atoms with Gasteiger partial charge in [0.1, 0.15) is 6.04 Å². The Morgan fingerprint density at radius 1 is 1.30 bits per heavy atom. The third-order valence-electron chi connectivity index (χ3n) is 5.35. The molecule has 0 bridgehead atoms. The number of aromatic nitrogens is 2. The minimum absolute atomic E-state index is 0.111. The molecule has 0 unspecified atom stereocenters. The number of fused-ring (bicyclic) bond motifs is 1. The van der Waals surface area contributed by atoms with Gasteiger partial charge in [0.15, 0.2) is 5.76 Å². The summed E-state index contributed by atoms with van der Waals surface area (Å²) in [6, 6.07) is 3.06. The van der Waals surface area contributed by atoms with Crippen LogP contribution < -0.4 is 5.32 Å². The maximum absolute atomic E-state index is 12.9. The van der Waals surface area contributed by atoms with Gasteiger partial charge in [0.25, 0.3) is 5.91 Å². The third kappa shape index (κ3) is 3.62. The van der Waals surface area contributed by atoms with Gasteiger partial charge in [0.2, 0.25) is 5.91 Å². The maximum Gasteiger partial charge on any atom is 0.290 e. The van der Waals surface area contributed by atoms with Gasteiger partial charge in [-0.3, -0.25) is 14.3 Å². The minimum Gasteiger partial charge on any atom is -0.459 e. The topological polar surface area (TPSA) is 89.6 Å². The van der Waals surface area contributed by atoms with Crippen LogP contribution in [0.15, 0.2) is 29.0 Å². The van der Waals surface area contributed by atoms with Crippen molar-refractivity contribution in [3.8, 4) is 0 Å². The van der Waals surface area contributed by atoms with Gasteiger partial charge in [-0.15, -0.1) is 0 Å². The van der Waals surface area contributed by atoms with Gasteiger partial charge in [0.05, 0.1) is 25.0 Å². The first-order valence-electron chi connectivity index (χ1n) is 9.34. The van der Waals surface area contributed by atoms with Crippen molar-refractivity contribution in [1.82, 2.24) is 20.0 Å². The predicted molar refractivity (Wildman–Crippen MR) is 96.0 cm³/mol. The number of furan rings is 1. The summed E-state index contributed by atoms with van der Waals surface area (Å²) >= 11 is 0. The quantitative estimate of drug-likeness (QED) is 0.879. The number of carbonyl (C=O) groups is 2. The van der Waals surface area contributed by atoms with E-state index in [1.807, 2.05) is 13.0 Å². The molecule has 2 amide bonds. The molecule has 0 aromatic carbocycles. The van der Waals surface area contributed by atoms with Crippen LogP contribution in [0.2, 0.25) is 0 Å². The van der Waals surface area contributed by atoms with E-state index in [4.69, 9.17) is 9.15 Å². The maximum atomic E-state index is 12.9. The summed E-state index contributed by atoms with van der Waals surface area (Å²) in [4.78, 5) is 27.4. The summed E-state index contributed by atoms with van der Waals surface area (Å²) in [6.07, 6.45) is 5.09. The molecule has 1 N–H and O–H groups in total. The van der Waals surface area contributed by atoms with E-state index in [1.165, 1.54) is 6.26 Å². The summed E-state index contributed by atoms with van der Waals surface area (Å²) in [5.41, 5.74) is 1.63. The summed E-state index contributed by atoms with van der Waals surface area (Å²) < 4.78 is 12.4. The number of nitrogens with zero attached hydrogens (tertiary/aromatic N) is 3. The molecule has 0 saturated carbocycles. The van der Waals surface area contributed by atoms with E-state index < -0.39 is 6.04 Å². The van der Waals surface area contributed by atoms with Crippen molar-refractivity contribution >= 4 is 11.8 Å². The molecule has 2 aromatic heterocycles. The van der Waals surface area contributed by atoms with Crippen molar-refractivity contribution in [2.24, 2.45) is 5.92 Å². The van der Waals surface area contributed by atoms with Gasteiger partial charge in [-0.05, 0) is 37.8 Å². The third-order valence-corrected chi connectivity index (χ3v) is 5.35. The Balaban J connectivity index is 1.47. The zero-order valence-electron chi connectivity index (χ0n) is 15.4. The molecule has 27 heavy (non-hydrogen) atoms. The fraction of sp³-hybridized carbons (Fsp3) is 0.526. The Labute approximate surface area is 157 Å². The molecular formula is C19H24N4O4. The average Bonchev–Trinajstić information content (AvgIpc) is 3.34. The van der Waals surface area contributed by atoms with Crippen molar-refractivity contribution in [3.63, 3.8) is 0 Å². The van der Waals surface area contributed by atoms with Gasteiger partial charge in [-0.1, -0.05) is 0 Å². The van der Waals surface area contributed by atoms with Gasteiger partial charge in [0, 0.05) is 31.5 Å². The Morgan fingerprint density at radius 3 is 2.85 bits per heavy atom. The van der Waals surface area contributed by atoms with Crippen LogP contribution in [0.5, 0.6) is 0 Å². The lowest BCUT2D eigenvalue weighted by Gasteiger charge is -2.33. The lowest BCUT2D eigenvalue weighted by molar-refractivity contribution is -0.126. The van der Waals surface area contributed by atoms with Crippen molar-refractivity contribution in [2.75, 3.05) is 26.3 Å². The van der Waals surface area contributed by atoms with E-state index in [2.05, 4.69) is 10.4 Å². The highest BCUT2D eigenvalue weighted by molar-refractivity contribution is 5.93. The fourth-order valence-corrected chi connectivity index (χ4v) is 3.69. The van der Waals surface area contributed by atoms with Gasteiger partial charge in [-0.2, -0.15) is 5.10 Å². The Morgan fingerprint density at radius 2 is 2.11 bits per heavy atom. The van der Waals surface area contributed by atoms with Crippen LogP contribution in [-0.4, -0.2) is 52.8 Å². The summed E-state index contributed by atoms with van der Waals surface area (Å²) in [5.74, 6) is 0.448. The van der Waals surface area contributed by atoms with Crippen LogP contribution in [0.1, 0.15) is 40.7 Å². The number of ether oxygens (including phenoxy) is 1. The minimum atomic E-state index is -0.539. The van der Waals surface area contributed by atoms with Crippen LogP contribution in [0.4, 0.5) is 0 Å². The number of rotatable bonds is 4. The van der Waals surface area contributed by atoms with Crippen molar-refractivity contribution in [2.45, 2.75) is 32.4 Å². The first-order valence-corrected chi connectivity index (χ1v) is 9.34. The second kappa shape index (κ2) is 7.56. The molecule has 0 radical (unpaired) electrons. The Bertz CT molecular complexity index is 821. The monoisotopic (exact) mass is 372 g/mol. The molecule has 1 saturated heterocycles. The van der Waals surface area contributed by atoms with Crippen molar-refractivity contribution < 1.29 is 18.7 Å². The van der Waals surface area contributed by atoms with Crippen molar-refractivity contribution in [1.29, 1.82) is 0 Å². The number of hydrogen-bond acceptors (Lipinski definition) is 5. The average molecular weight is 372 g/mol. The lowest BCUT2D eigenvalue weighted by atomic mass is 10.0. The SMILES string of the molecule is Cc1ccoc1C(=O)N1Cc2ccnn2[C@H](C(=O)NCC2CCOCC2)C1.